The number of allylic oxidation sites excluding steroid dienone is 4. The second-order valence-corrected chi connectivity index (χ2v) is 4.26. The van der Waals surface area contributed by atoms with Gasteiger partial charge in [0.15, 0.2) is 0 Å². The summed E-state index contributed by atoms with van der Waals surface area (Å²) < 4.78 is 0.686. The molecule has 0 amide bonds. The van der Waals surface area contributed by atoms with Gasteiger partial charge in [-0.2, -0.15) is 0 Å². The maximum absolute atomic E-state index is 2.33. The fourth-order valence-electron chi connectivity index (χ4n) is 1.37. The topological polar surface area (TPSA) is 0 Å². The molecule has 0 aromatic carbocycles. The Morgan fingerprint density at radius 1 is 1.50 bits per heavy atom. The van der Waals surface area contributed by atoms with Crippen molar-refractivity contribution < 1.29 is 0 Å². The maximum atomic E-state index is 2.33. The third-order valence-corrected chi connectivity index (χ3v) is 2.87. The third kappa shape index (κ3) is 1.03. The van der Waals surface area contributed by atoms with Crippen LogP contribution in [0.4, 0.5) is 0 Å². The fraction of sp³-hybridized carbons (Fsp3) is 0.250. The average Bonchev–Trinajstić information content (AvgIpc) is 2.21. The summed E-state index contributed by atoms with van der Waals surface area (Å²) in [6, 6.07) is 0. The Hall–Kier alpha value is 0.167. The van der Waals surface area contributed by atoms with E-state index in [0.29, 0.717) is 3.92 Å². The van der Waals surface area contributed by atoms with Crippen LogP contribution in [0, 0.1) is 0 Å². The van der Waals surface area contributed by atoms with Crippen LogP contribution in [0.1, 0.15) is 6.92 Å². The number of hydrogen-bond donors (Lipinski definition) is 0. The summed E-state index contributed by atoms with van der Waals surface area (Å²) in [5.41, 5.74) is 2.83. The van der Waals surface area contributed by atoms with Crippen molar-refractivity contribution in [2.75, 3.05) is 0 Å². The zero-order chi connectivity index (χ0) is 7.14. The van der Waals surface area contributed by atoms with Crippen LogP contribution in [0.3, 0.4) is 0 Å². The molecule has 2 aliphatic rings. The van der Waals surface area contributed by atoms with Gasteiger partial charge < -0.3 is 0 Å². The van der Waals surface area contributed by atoms with Crippen LogP contribution in [0.25, 0.3) is 0 Å². The predicted octanol–water partition coefficient (Wildman–Crippen LogP) is 2.00. The van der Waals surface area contributed by atoms with E-state index < -0.39 is 0 Å². The van der Waals surface area contributed by atoms with E-state index in [4.69, 9.17) is 0 Å². The molecule has 10 heavy (non-hydrogen) atoms. The zero-order valence-corrected chi connectivity index (χ0v) is 7.03. The van der Waals surface area contributed by atoms with Crippen molar-refractivity contribution in [3.63, 3.8) is 0 Å². The van der Waals surface area contributed by atoms with Crippen molar-refractivity contribution >= 4 is 29.5 Å². The molecule has 2 rings (SSSR count). The molecule has 0 fully saturated rings. The second-order valence-electron chi connectivity index (χ2n) is 2.84. The number of fused-ring (bicyclic) bond motifs is 1. The Labute approximate surface area is 74.7 Å². The van der Waals surface area contributed by atoms with Crippen LogP contribution < -0.4 is 0 Å². The molecule has 0 aromatic heterocycles. The van der Waals surface area contributed by atoms with Crippen LogP contribution in [0.5, 0.6) is 0 Å². The molecule has 0 saturated heterocycles. The van der Waals surface area contributed by atoms with E-state index in [2.05, 4.69) is 42.9 Å². The van der Waals surface area contributed by atoms with E-state index in [1.54, 1.807) is 0 Å². The van der Waals surface area contributed by atoms with Crippen molar-refractivity contribution in [2.45, 2.75) is 10.8 Å². The Balaban J connectivity index is 2.39. The first-order chi connectivity index (χ1) is 4.75. The van der Waals surface area contributed by atoms with Gasteiger partial charge in [0, 0.05) is 0 Å². The molecule has 1 aliphatic carbocycles. The summed E-state index contributed by atoms with van der Waals surface area (Å²) in [6.07, 6.45) is 6.85. The molecule has 0 nitrogen and oxygen atoms in total. The van der Waals surface area contributed by atoms with Gasteiger partial charge in [0.1, 0.15) is 0 Å². The Bertz CT molecular complexity index is 260. The second kappa shape index (κ2) is 2.34. The quantitative estimate of drug-likeness (QED) is 0.466. The van der Waals surface area contributed by atoms with Crippen LogP contribution in [0.15, 0.2) is 34.3 Å². The van der Waals surface area contributed by atoms with Crippen molar-refractivity contribution in [3.05, 3.63) is 34.3 Å². The summed E-state index contributed by atoms with van der Waals surface area (Å²) >= 11 is 4.19. The van der Waals surface area contributed by atoms with Gasteiger partial charge in [-0.05, 0) is 0 Å². The molecule has 1 unspecified atom stereocenters. The molecule has 0 radical (unpaired) electrons. The average molecular weight is 142 g/mol. The Morgan fingerprint density at radius 2 is 2.30 bits per heavy atom. The van der Waals surface area contributed by atoms with Gasteiger partial charge in [-0.1, -0.05) is 0 Å². The minimum absolute atomic E-state index is 0.686. The molecular weight excluding hydrogens is 135 g/mol. The van der Waals surface area contributed by atoms with Crippen LogP contribution >= 0.6 is 11.8 Å². The molecule has 0 spiro atoms. The van der Waals surface area contributed by atoms with Crippen molar-refractivity contribution in [2.24, 2.45) is 0 Å². The molecule has 1 aliphatic heterocycles. The molecule has 2 heteroatoms. The van der Waals surface area contributed by atoms with Crippen LogP contribution in [-0.2, 0) is 0 Å². The van der Waals surface area contributed by atoms with E-state index in [0.717, 1.165) is 0 Å². The number of thioether (sulfide) groups is 1. The van der Waals surface area contributed by atoms with Gasteiger partial charge in [-0.3, -0.25) is 0 Å². The van der Waals surface area contributed by atoms with Gasteiger partial charge in [0.2, 0.25) is 0 Å². The van der Waals surface area contributed by atoms with Crippen molar-refractivity contribution in [3.8, 4) is 0 Å². The summed E-state index contributed by atoms with van der Waals surface area (Å²) in [5.74, 6) is 0. The van der Waals surface area contributed by atoms with Crippen molar-refractivity contribution in [1.29, 1.82) is 0 Å². The molecule has 0 bridgehead atoms. The summed E-state index contributed by atoms with van der Waals surface area (Å²) in [4.78, 5) is 1.46. The first-order valence-electron chi connectivity index (χ1n) is 3.54. The Kier molecular flexibility index (Phi) is 1.60. The normalized spacial score (nSPS) is 29.5. The van der Waals surface area contributed by atoms with Gasteiger partial charge in [-0.25, -0.2) is 0 Å². The van der Waals surface area contributed by atoms with Crippen molar-refractivity contribution in [1.82, 2.24) is 0 Å². The SMILES string of the molecule is [Li][CH]1C=C2C=C(C)C=C2S1. The molecule has 1 atom stereocenters. The third-order valence-electron chi connectivity index (χ3n) is 1.75. The zero-order valence-electron chi connectivity index (χ0n) is 6.22. The molecule has 0 aromatic rings. The van der Waals surface area contributed by atoms with Gasteiger partial charge in [0.25, 0.3) is 0 Å². The van der Waals surface area contributed by atoms with E-state index in [1.165, 1.54) is 16.1 Å². The van der Waals surface area contributed by atoms with Gasteiger partial charge >= 0.3 is 74.6 Å². The van der Waals surface area contributed by atoms with Crippen LogP contribution in [-0.4, -0.2) is 21.6 Å². The van der Waals surface area contributed by atoms with E-state index in [1.807, 2.05) is 11.8 Å². The predicted molar refractivity (Wildman–Crippen MR) is 47.1 cm³/mol. The molecule has 46 valence electrons. The molecule has 0 N–H and O–H groups in total. The number of rotatable bonds is 0. The summed E-state index contributed by atoms with van der Waals surface area (Å²) in [5, 5.41) is 0. The summed E-state index contributed by atoms with van der Waals surface area (Å²) in [7, 11) is 0. The standard InChI is InChI=1S/C8H7S.Li/c1-6-4-7-2-3-9-8(7)5-6;/h2-5H,1H3;. The van der Waals surface area contributed by atoms with E-state index >= 15 is 0 Å². The first-order valence-corrected chi connectivity index (χ1v) is 4.42. The molecule has 1 heterocycles. The first kappa shape index (κ1) is 6.85. The Morgan fingerprint density at radius 3 is 3.00 bits per heavy atom. The fourth-order valence-corrected chi connectivity index (χ4v) is 2.50. The molecule has 0 saturated carbocycles. The molecular formula is C8H7LiS. The van der Waals surface area contributed by atoms with Gasteiger partial charge in [0.05, 0.1) is 0 Å². The van der Waals surface area contributed by atoms with E-state index in [-0.39, 0.29) is 0 Å². The monoisotopic (exact) mass is 142 g/mol. The number of hydrogen-bond acceptors (Lipinski definition) is 1. The van der Waals surface area contributed by atoms with Crippen LogP contribution in [0.2, 0.25) is 0 Å². The summed E-state index contributed by atoms with van der Waals surface area (Å²) in [6.45, 7) is 2.15. The van der Waals surface area contributed by atoms with E-state index in [9.17, 15) is 0 Å². The van der Waals surface area contributed by atoms with Gasteiger partial charge in [-0.15, -0.1) is 0 Å². The minimum atomic E-state index is 0.686.